The number of hydrogen-bond acceptors (Lipinski definition) is 4. The molecule has 0 aromatic heterocycles. The maximum Gasteiger partial charge on any atom is 0.174 e. The van der Waals surface area contributed by atoms with Crippen molar-refractivity contribution >= 4 is 5.78 Å². The average molecular weight is 171 g/mol. The van der Waals surface area contributed by atoms with E-state index >= 15 is 0 Å². The van der Waals surface area contributed by atoms with Crippen molar-refractivity contribution in [2.24, 2.45) is 0 Å². The molecule has 0 unspecified atom stereocenters. The highest BCUT2D eigenvalue weighted by Gasteiger charge is 2.38. The van der Waals surface area contributed by atoms with Gasteiger partial charge in [0, 0.05) is 6.92 Å². The lowest BCUT2D eigenvalue weighted by molar-refractivity contribution is -0.117. The minimum Gasteiger partial charge on any atom is -0.394 e. The predicted molar refractivity (Wildman–Crippen MR) is 43.6 cm³/mol. The lowest BCUT2D eigenvalue weighted by Crippen LogP contribution is -2.62. The van der Waals surface area contributed by atoms with Crippen LogP contribution in [-0.2, 0) is 9.53 Å². The minimum absolute atomic E-state index is 0.0424. The first-order chi connectivity index (χ1) is 5.59. The molecule has 1 saturated heterocycles. The zero-order valence-corrected chi connectivity index (χ0v) is 7.09. The van der Waals surface area contributed by atoms with Gasteiger partial charge in [0.25, 0.3) is 0 Å². The van der Waals surface area contributed by atoms with E-state index in [-0.39, 0.29) is 12.4 Å². The van der Waals surface area contributed by atoms with Crippen LogP contribution in [0.4, 0.5) is 0 Å². The van der Waals surface area contributed by atoms with Crippen molar-refractivity contribution < 1.29 is 14.6 Å². The molecule has 1 aliphatic rings. The molecule has 0 radical (unpaired) electrons. The van der Waals surface area contributed by atoms with Crippen LogP contribution in [0.5, 0.6) is 0 Å². The van der Waals surface area contributed by atoms with Gasteiger partial charge in [-0.05, 0) is 0 Å². The van der Waals surface area contributed by atoms with Crippen LogP contribution >= 0.6 is 0 Å². The summed E-state index contributed by atoms with van der Waals surface area (Å²) in [6, 6.07) is 0. The topological polar surface area (TPSA) is 58.6 Å². The minimum atomic E-state index is -0.469. The number of rotatable bonds is 4. The van der Waals surface area contributed by atoms with E-state index in [1.165, 1.54) is 6.92 Å². The summed E-state index contributed by atoms with van der Waals surface area (Å²) in [5.74, 6) is -0.116. The number of carbonyl (C=O) groups is 1. The van der Waals surface area contributed by atoms with Gasteiger partial charge in [-0.1, -0.05) is 6.58 Å². The molecule has 2 N–H and O–H groups in total. The fraction of sp³-hybridized carbons (Fsp3) is 0.625. The molecule has 1 aliphatic heterocycles. The first kappa shape index (κ1) is 9.22. The van der Waals surface area contributed by atoms with Crippen LogP contribution in [0.15, 0.2) is 12.3 Å². The van der Waals surface area contributed by atoms with E-state index < -0.39 is 5.54 Å². The van der Waals surface area contributed by atoms with E-state index in [1.807, 2.05) is 0 Å². The summed E-state index contributed by atoms with van der Waals surface area (Å²) < 4.78 is 4.93. The highest BCUT2D eigenvalue weighted by molar-refractivity contribution is 5.92. The van der Waals surface area contributed by atoms with Gasteiger partial charge in [0.2, 0.25) is 0 Å². The molecule has 1 heterocycles. The van der Waals surface area contributed by atoms with E-state index in [0.29, 0.717) is 18.9 Å². The van der Waals surface area contributed by atoms with Gasteiger partial charge in [-0.25, -0.2) is 0 Å². The van der Waals surface area contributed by atoms with E-state index in [0.717, 1.165) is 0 Å². The van der Waals surface area contributed by atoms with Crippen LogP contribution in [0, 0.1) is 0 Å². The number of Topliss-reactive ketones (excluding diaryl/α,β-unsaturated/α-hetero) is 1. The standard InChI is InChI=1S/C8H13NO3/c1-6(7(2)11)9-8(3-10)4-12-5-8/h9-10H,1,3-5H2,2H3. The van der Waals surface area contributed by atoms with E-state index in [2.05, 4.69) is 11.9 Å². The monoisotopic (exact) mass is 171 g/mol. The van der Waals surface area contributed by atoms with Crippen molar-refractivity contribution in [2.75, 3.05) is 19.8 Å². The Kier molecular flexibility index (Phi) is 2.49. The SMILES string of the molecule is C=C(NC1(CO)COC1)C(C)=O. The number of ketones is 1. The number of ether oxygens (including phenoxy) is 1. The molecular formula is C8H13NO3. The number of aliphatic hydroxyl groups is 1. The number of hydrogen-bond donors (Lipinski definition) is 2. The zero-order valence-electron chi connectivity index (χ0n) is 7.09. The Morgan fingerprint density at radius 1 is 1.75 bits per heavy atom. The third kappa shape index (κ3) is 1.65. The Balaban J connectivity index is 2.48. The third-order valence-electron chi connectivity index (χ3n) is 1.90. The summed E-state index contributed by atoms with van der Waals surface area (Å²) in [6.07, 6.45) is 0. The molecule has 1 fully saturated rings. The highest BCUT2D eigenvalue weighted by atomic mass is 16.5. The van der Waals surface area contributed by atoms with Crippen molar-refractivity contribution in [1.82, 2.24) is 5.32 Å². The summed E-state index contributed by atoms with van der Waals surface area (Å²) in [6.45, 7) is 5.78. The fourth-order valence-corrected chi connectivity index (χ4v) is 0.960. The molecule has 0 aromatic carbocycles. The van der Waals surface area contributed by atoms with Gasteiger partial charge < -0.3 is 15.2 Å². The van der Waals surface area contributed by atoms with Gasteiger partial charge in [0.15, 0.2) is 5.78 Å². The molecule has 0 aromatic rings. The molecule has 0 saturated carbocycles. The maximum atomic E-state index is 10.8. The van der Waals surface area contributed by atoms with Crippen LogP contribution in [0.3, 0.4) is 0 Å². The van der Waals surface area contributed by atoms with Crippen LogP contribution < -0.4 is 5.32 Å². The Morgan fingerprint density at radius 2 is 2.33 bits per heavy atom. The zero-order chi connectivity index (χ0) is 9.19. The second-order valence-electron chi connectivity index (χ2n) is 3.09. The smallest absolute Gasteiger partial charge is 0.174 e. The van der Waals surface area contributed by atoms with Crippen molar-refractivity contribution in [3.8, 4) is 0 Å². The van der Waals surface area contributed by atoms with Crippen LogP contribution in [-0.4, -0.2) is 36.2 Å². The van der Waals surface area contributed by atoms with Gasteiger partial charge in [-0.3, -0.25) is 4.79 Å². The Hall–Kier alpha value is -0.870. The number of aliphatic hydroxyl groups excluding tert-OH is 1. The molecule has 0 bridgehead atoms. The summed E-state index contributed by atoms with van der Waals surface area (Å²) in [7, 11) is 0. The first-order valence-electron chi connectivity index (χ1n) is 3.76. The summed E-state index contributed by atoms with van der Waals surface area (Å²) in [5.41, 5.74) is -0.143. The Labute approximate surface area is 71.2 Å². The van der Waals surface area contributed by atoms with Gasteiger partial charge in [0.1, 0.15) is 5.54 Å². The maximum absolute atomic E-state index is 10.8. The molecular weight excluding hydrogens is 158 g/mol. The quantitative estimate of drug-likeness (QED) is 0.557. The molecule has 0 atom stereocenters. The normalized spacial score (nSPS) is 19.5. The van der Waals surface area contributed by atoms with Gasteiger partial charge in [0.05, 0.1) is 25.5 Å². The number of carbonyl (C=O) groups excluding carboxylic acids is 1. The molecule has 4 heteroatoms. The van der Waals surface area contributed by atoms with Crippen LogP contribution in [0.1, 0.15) is 6.92 Å². The Bertz CT molecular complexity index is 203. The highest BCUT2D eigenvalue weighted by Crippen LogP contribution is 2.17. The van der Waals surface area contributed by atoms with Gasteiger partial charge in [-0.2, -0.15) is 0 Å². The van der Waals surface area contributed by atoms with Crippen LogP contribution in [0.25, 0.3) is 0 Å². The third-order valence-corrected chi connectivity index (χ3v) is 1.90. The second kappa shape index (κ2) is 3.25. The molecule has 12 heavy (non-hydrogen) atoms. The number of allylic oxidation sites excluding steroid dienone is 1. The fourth-order valence-electron chi connectivity index (χ4n) is 0.960. The Morgan fingerprint density at radius 3 is 2.58 bits per heavy atom. The van der Waals surface area contributed by atoms with Gasteiger partial charge >= 0.3 is 0 Å². The summed E-state index contributed by atoms with van der Waals surface area (Å²) in [4.78, 5) is 10.8. The van der Waals surface area contributed by atoms with E-state index in [1.54, 1.807) is 0 Å². The van der Waals surface area contributed by atoms with Crippen molar-refractivity contribution in [3.63, 3.8) is 0 Å². The molecule has 0 amide bonds. The summed E-state index contributed by atoms with van der Waals surface area (Å²) in [5, 5.41) is 11.8. The van der Waals surface area contributed by atoms with Crippen molar-refractivity contribution in [3.05, 3.63) is 12.3 Å². The lowest BCUT2D eigenvalue weighted by atomic mass is 9.98. The van der Waals surface area contributed by atoms with Crippen molar-refractivity contribution in [1.29, 1.82) is 0 Å². The summed E-state index contributed by atoms with van der Waals surface area (Å²) >= 11 is 0. The predicted octanol–water partition coefficient (Wildman–Crippen LogP) is -0.560. The average Bonchev–Trinajstić information content (AvgIpc) is 1.96. The molecule has 0 spiro atoms. The molecule has 68 valence electrons. The van der Waals surface area contributed by atoms with E-state index in [9.17, 15) is 4.79 Å². The number of nitrogens with one attached hydrogen (secondary N) is 1. The molecule has 1 rings (SSSR count). The van der Waals surface area contributed by atoms with Gasteiger partial charge in [-0.15, -0.1) is 0 Å². The van der Waals surface area contributed by atoms with E-state index in [4.69, 9.17) is 9.84 Å². The molecule has 0 aliphatic carbocycles. The van der Waals surface area contributed by atoms with Crippen molar-refractivity contribution in [2.45, 2.75) is 12.5 Å². The molecule has 4 nitrogen and oxygen atoms in total. The van der Waals surface area contributed by atoms with Crippen LogP contribution in [0.2, 0.25) is 0 Å². The lowest BCUT2D eigenvalue weighted by Gasteiger charge is -2.41. The largest absolute Gasteiger partial charge is 0.394 e. The second-order valence-corrected chi connectivity index (χ2v) is 3.09. The first-order valence-corrected chi connectivity index (χ1v) is 3.76.